The Morgan fingerprint density at radius 1 is 1.60 bits per heavy atom. The van der Waals surface area contributed by atoms with E-state index in [2.05, 4.69) is 0 Å². The van der Waals surface area contributed by atoms with E-state index in [1.54, 1.807) is 0 Å². The van der Waals surface area contributed by atoms with E-state index in [9.17, 15) is 13.2 Å². The highest BCUT2D eigenvalue weighted by Crippen LogP contribution is 2.22. The van der Waals surface area contributed by atoms with Crippen LogP contribution in [0.5, 0.6) is 0 Å². The number of nitrogens with zero attached hydrogens (tertiary/aromatic N) is 2. The van der Waals surface area contributed by atoms with Gasteiger partial charge >= 0.3 is 5.97 Å². The molecular weight excluding hydrogens is 300 g/mol. The first kappa shape index (κ1) is 15.4. The zero-order valence-electron chi connectivity index (χ0n) is 11.2. The molecule has 8 heteroatoms. The van der Waals surface area contributed by atoms with Crippen LogP contribution in [0.15, 0.2) is 17.5 Å². The molecule has 20 heavy (non-hydrogen) atoms. The molecule has 1 aromatic heterocycles. The molecule has 1 aliphatic heterocycles. The van der Waals surface area contributed by atoms with E-state index in [4.69, 9.17) is 5.11 Å². The van der Waals surface area contributed by atoms with E-state index >= 15 is 0 Å². The van der Waals surface area contributed by atoms with Gasteiger partial charge in [-0.15, -0.1) is 11.3 Å². The van der Waals surface area contributed by atoms with Crippen LogP contribution in [-0.4, -0.2) is 48.2 Å². The lowest BCUT2D eigenvalue weighted by atomic mass is 10.0. The molecule has 0 aromatic carbocycles. The van der Waals surface area contributed by atoms with Gasteiger partial charge in [0.25, 0.3) is 10.2 Å². The van der Waals surface area contributed by atoms with Crippen molar-refractivity contribution in [2.75, 3.05) is 20.1 Å². The van der Waals surface area contributed by atoms with Crippen molar-refractivity contribution in [3.05, 3.63) is 22.4 Å². The fourth-order valence-electron chi connectivity index (χ4n) is 2.25. The minimum absolute atomic E-state index is 0.0620. The summed E-state index contributed by atoms with van der Waals surface area (Å²) in [5.41, 5.74) is 0. The Morgan fingerprint density at radius 2 is 2.35 bits per heavy atom. The van der Waals surface area contributed by atoms with Crippen molar-refractivity contribution < 1.29 is 18.3 Å². The van der Waals surface area contributed by atoms with Gasteiger partial charge in [0.05, 0.1) is 5.92 Å². The van der Waals surface area contributed by atoms with Crippen molar-refractivity contribution in [3.63, 3.8) is 0 Å². The molecule has 0 bridgehead atoms. The lowest BCUT2D eigenvalue weighted by Crippen LogP contribution is -2.47. The van der Waals surface area contributed by atoms with Crippen molar-refractivity contribution in [1.82, 2.24) is 8.61 Å². The van der Waals surface area contributed by atoms with Crippen LogP contribution in [-0.2, 0) is 21.5 Å². The number of rotatable bonds is 5. The summed E-state index contributed by atoms with van der Waals surface area (Å²) in [7, 11) is -2.07. The largest absolute Gasteiger partial charge is 0.481 e. The maximum Gasteiger partial charge on any atom is 0.307 e. The van der Waals surface area contributed by atoms with Crippen molar-refractivity contribution in [2.24, 2.45) is 5.92 Å². The minimum atomic E-state index is -3.59. The Kier molecular flexibility index (Phi) is 4.79. The monoisotopic (exact) mass is 318 g/mol. The highest BCUT2D eigenvalue weighted by molar-refractivity contribution is 7.86. The molecule has 1 fully saturated rings. The molecule has 1 saturated heterocycles. The Bertz CT molecular complexity index is 556. The number of carboxylic acid groups (broad SMARTS) is 1. The van der Waals surface area contributed by atoms with E-state index < -0.39 is 22.1 Å². The average molecular weight is 318 g/mol. The summed E-state index contributed by atoms with van der Waals surface area (Å²) >= 11 is 1.50. The number of hydrogen-bond acceptors (Lipinski definition) is 4. The van der Waals surface area contributed by atoms with Gasteiger partial charge in [-0.3, -0.25) is 4.79 Å². The van der Waals surface area contributed by atoms with E-state index in [1.165, 1.54) is 27.0 Å². The zero-order chi connectivity index (χ0) is 14.8. The molecule has 0 spiro atoms. The summed E-state index contributed by atoms with van der Waals surface area (Å²) in [6, 6.07) is 3.76. The lowest BCUT2D eigenvalue weighted by Gasteiger charge is -2.32. The Hall–Kier alpha value is -0.960. The number of carboxylic acids is 1. The summed E-state index contributed by atoms with van der Waals surface area (Å²) in [5.74, 6) is -1.53. The van der Waals surface area contributed by atoms with Crippen molar-refractivity contribution in [3.8, 4) is 0 Å². The van der Waals surface area contributed by atoms with Gasteiger partial charge in [0.15, 0.2) is 0 Å². The van der Waals surface area contributed by atoms with Gasteiger partial charge in [0.1, 0.15) is 0 Å². The third-order valence-electron chi connectivity index (χ3n) is 3.41. The van der Waals surface area contributed by atoms with Crippen molar-refractivity contribution >= 4 is 27.5 Å². The standard InChI is InChI=1S/C12H18N2O4S2/c1-13(9-11-5-3-7-19-11)20(17,18)14-6-2-4-10(8-14)12(15)16/h3,5,7,10H,2,4,6,8-9H2,1H3,(H,15,16). The second-order valence-electron chi connectivity index (χ2n) is 4.88. The molecule has 1 aliphatic rings. The average Bonchev–Trinajstić information content (AvgIpc) is 2.91. The molecule has 0 amide bonds. The van der Waals surface area contributed by atoms with Crippen LogP contribution in [0.25, 0.3) is 0 Å². The molecule has 6 nitrogen and oxygen atoms in total. The second-order valence-corrected chi connectivity index (χ2v) is 7.95. The normalized spacial score (nSPS) is 21.2. The van der Waals surface area contributed by atoms with E-state index in [-0.39, 0.29) is 6.54 Å². The zero-order valence-corrected chi connectivity index (χ0v) is 12.9. The first-order valence-corrected chi connectivity index (χ1v) is 8.65. The van der Waals surface area contributed by atoms with Gasteiger partial charge in [0, 0.05) is 31.6 Å². The summed E-state index contributed by atoms with van der Waals surface area (Å²) in [6.45, 7) is 0.765. The molecule has 0 aliphatic carbocycles. The van der Waals surface area contributed by atoms with Crippen LogP contribution < -0.4 is 0 Å². The number of piperidine rings is 1. The molecule has 2 rings (SSSR count). The fourth-order valence-corrected chi connectivity index (χ4v) is 4.52. The predicted octanol–water partition coefficient (Wildman–Crippen LogP) is 1.22. The van der Waals surface area contributed by atoms with Gasteiger partial charge in [-0.1, -0.05) is 6.07 Å². The van der Waals surface area contributed by atoms with Crippen LogP contribution >= 0.6 is 11.3 Å². The van der Waals surface area contributed by atoms with Crippen LogP contribution in [0.1, 0.15) is 17.7 Å². The molecule has 1 aromatic rings. The first-order valence-electron chi connectivity index (χ1n) is 6.38. The molecule has 1 atom stereocenters. The molecule has 1 N–H and O–H groups in total. The molecule has 2 heterocycles. The van der Waals surface area contributed by atoms with E-state index in [0.717, 1.165) is 4.88 Å². The van der Waals surface area contributed by atoms with E-state index in [1.807, 2.05) is 17.5 Å². The van der Waals surface area contributed by atoms with Crippen molar-refractivity contribution in [1.29, 1.82) is 0 Å². The molecule has 0 saturated carbocycles. The SMILES string of the molecule is CN(Cc1cccs1)S(=O)(=O)N1CCCC(C(=O)O)C1. The number of aliphatic carboxylic acids is 1. The predicted molar refractivity (Wildman–Crippen MR) is 76.6 cm³/mol. The van der Waals surface area contributed by atoms with Gasteiger partial charge in [-0.05, 0) is 24.3 Å². The summed E-state index contributed by atoms with van der Waals surface area (Å²) < 4.78 is 27.4. The maximum atomic E-state index is 12.4. The maximum absolute atomic E-state index is 12.4. The van der Waals surface area contributed by atoms with Crippen molar-refractivity contribution in [2.45, 2.75) is 19.4 Å². The number of thiophene rings is 1. The van der Waals surface area contributed by atoms with Crippen LogP contribution in [0, 0.1) is 5.92 Å². The highest BCUT2D eigenvalue weighted by atomic mass is 32.2. The minimum Gasteiger partial charge on any atom is -0.481 e. The number of hydrogen-bond donors (Lipinski definition) is 1. The van der Waals surface area contributed by atoms with Gasteiger partial charge < -0.3 is 5.11 Å². The van der Waals surface area contributed by atoms with Gasteiger partial charge in [-0.2, -0.15) is 17.0 Å². The Morgan fingerprint density at radius 3 is 2.95 bits per heavy atom. The molecule has 0 radical (unpaired) electrons. The Balaban J connectivity index is 2.07. The summed E-state index contributed by atoms with van der Waals surface area (Å²) in [4.78, 5) is 12.0. The first-order chi connectivity index (χ1) is 9.41. The smallest absolute Gasteiger partial charge is 0.307 e. The second kappa shape index (κ2) is 6.21. The third-order valence-corrected chi connectivity index (χ3v) is 6.17. The van der Waals surface area contributed by atoms with Crippen LogP contribution in [0.2, 0.25) is 0 Å². The summed E-state index contributed by atoms with van der Waals surface area (Å²) in [5, 5.41) is 10.9. The fraction of sp³-hybridized carbons (Fsp3) is 0.583. The Labute approximate surface area is 122 Å². The van der Waals surface area contributed by atoms with Gasteiger partial charge in [0.2, 0.25) is 0 Å². The van der Waals surface area contributed by atoms with Gasteiger partial charge in [-0.25, -0.2) is 0 Å². The molecule has 1 unspecified atom stereocenters. The van der Waals surface area contributed by atoms with E-state index in [0.29, 0.717) is 25.9 Å². The van der Waals surface area contributed by atoms with Crippen LogP contribution in [0.3, 0.4) is 0 Å². The third kappa shape index (κ3) is 3.38. The lowest BCUT2D eigenvalue weighted by molar-refractivity contribution is -0.142. The molecular formula is C12H18N2O4S2. The van der Waals surface area contributed by atoms with Crippen LogP contribution in [0.4, 0.5) is 0 Å². The topological polar surface area (TPSA) is 77.9 Å². The summed E-state index contributed by atoms with van der Waals surface area (Å²) in [6.07, 6.45) is 1.12. The quantitative estimate of drug-likeness (QED) is 0.885. The number of carbonyl (C=O) groups is 1. The highest BCUT2D eigenvalue weighted by Gasteiger charge is 2.34. The molecule has 112 valence electrons.